The number of hydrogen-bond acceptors (Lipinski definition) is 2. The Morgan fingerprint density at radius 1 is 0.875 bits per heavy atom. The Morgan fingerprint density at radius 2 is 1.47 bits per heavy atom. The largest absolute Gasteiger partial charge is 0.507 e. The molecule has 0 aliphatic heterocycles. The molecule has 3 atom stereocenters. The van der Waals surface area contributed by atoms with Gasteiger partial charge >= 0.3 is 0 Å². The molecule has 5 rings (SSSR count). The predicted octanol–water partition coefficient (Wildman–Crippen LogP) is 8.10. The quantitative estimate of drug-likeness (QED) is 0.503. The summed E-state index contributed by atoms with van der Waals surface area (Å²) in [5, 5.41) is 11.7. The highest BCUT2D eigenvalue weighted by Crippen LogP contribution is 2.71. The third-order valence-corrected chi connectivity index (χ3v) is 11.0. The zero-order valence-corrected chi connectivity index (χ0v) is 21.3. The van der Waals surface area contributed by atoms with Crippen LogP contribution in [0.5, 0.6) is 5.75 Å². The Morgan fingerprint density at radius 3 is 1.97 bits per heavy atom. The summed E-state index contributed by atoms with van der Waals surface area (Å²) in [6, 6.07) is 6.07. The van der Waals surface area contributed by atoms with Crippen LogP contribution in [0, 0.1) is 23.7 Å². The first-order valence-corrected chi connectivity index (χ1v) is 13.9. The number of hydrogen-bond donors (Lipinski definition) is 1. The van der Waals surface area contributed by atoms with Crippen molar-refractivity contribution in [3.8, 4) is 5.75 Å². The van der Waals surface area contributed by atoms with Crippen LogP contribution in [0.4, 0.5) is 0 Å². The Kier molecular flexibility index (Phi) is 6.14. The van der Waals surface area contributed by atoms with Gasteiger partial charge in [-0.2, -0.15) is 0 Å². The van der Waals surface area contributed by atoms with Crippen LogP contribution in [0.25, 0.3) is 0 Å². The van der Waals surface area contributed by atoms with Crippen molar-refractivity contribution < 1.29 is 5.11 Å². The molecule has 0 spiro atoms. The fourth-order valence-electron chi connectivity index (χ4n) is 8.52. The van der Waals surface area contributed by atoms with Crippen molar-refractivity contribution >= 4 is 0 Å². The first-order valence-electron chi connectivity index (χ1n) is 13.9. The van der Waals surface area contributed by atoms with Gasteiger partial charge in [0.2, 0.25) is 0 Å². The van der Waals surface area contributed by atoms with Crippen LogP contribution in [-0.2, 0) is 6.54 Å². The molecule has 4 saturated carbocycles. The second-order valence-corrected chi connectivity index (χ2v) is 12.8. The molecule has 1 aromatic carbocycles. The molecular weight excluding hydrogens is 390 g/mol. The predicted molar refractivity (Wildman–Crippen MR) is 134 cm³/mol. The zero-order valence-electron chi connectivity index (χ0n) is 21.3. The van der Waals surface area contributed by atoms with E-state index in [1.165, 1.54) is 100 Å². The molecule has 0 radical (unpaired) electrons. The summed E-state index contributed by atoms with van der Waals surface area (Å²) in [5.74, 6) is 1.95. The second kappa shape index (κ2) is 8.64. The molecule has 1 N–H and O–H groups in total. The third-order valence-electron chi connectivity index (χ3n) is 11.0. The van der Waals surface area contributed by atoms with E-state index in [0.717, 1.165) is 12.5 Å². The minimum atomic E-state index is 0.312. The van der Waals surface area contributed by atoms with Crippen LogP contribution in [0.3, 0.4) is 0 Å². The molecule has 1 aromatic rings. The van der Waals surface area contributed by atoms with Crippen molar-refractivity contribution in [2.75, 3.05) is 0 Å². The van der Waals surface area contributed by atoms with Crippen molar-refractivity contribution in [1.29, 1.82) is 0 Å². The van der Waals surface area contributed by atoms with Gasteiger partial charge in [0.1, 0.15) is 5.75 Å². The lowest BCUT2D eigenvalue weighted by molar-refractivity contribution is 0.0722. The maximum absolute atomic E-state index is 11.7. The van der Waals surface area contributed by atoms with E-state index in [1.54, 1.807) is 0 Å². The SMILES string of the molecule is Cc1cc(CN(C2CCCCC2)C2CCCCC2)c(O)c([C@@H]2C[C@H]3CC[C@]2(C)C3(C)C)c1. The highest BCUT2D eigenvalue weighted by Gasteiger charge is 2.61. The van der Waals surface area contributed by atoms with Gasteiger partial charge in [-0.15, -0.1) is 0 Å². The lowest BCUT2D eigenvalue weighted by Crippen LogP contribution is -2.44. The molecule has 2 bridgehead atoms. The average molecular weight is 438 g/mol. The van der Waals surface area contributed by atoms with E-state index in [9.17, 15) is 5.11 Å². The number of nitrogens with zero attached hydrogens (tertiary/aromatic N) is 1. The fraction of sp³-hybridized carbons (Fsp3) is 0.800. The molecule has 0 heterocycles. The van der Waals surface area contributed by atoms with E-state index in [0.29, 0.717) is 34.6 Å². The van der Waals surface area contributed by atoms with Gasteiger partial charge in [0, 0.05) is 24.2 Å². The highest BCUT2D eigenvalue weighted by atomic mass is 16.3. The Labute approximate surface area is 197 Å². The van der Waals surface area contributed by atoms with Gasteiger partial charge in [0.15, 0.2) is 0 Å². The van der Waals surface area contributed by atoms with Crippen LogP contribution >= 0.6 is 0 Å². The van der Waals surface area contributed by atoms with Crippen molar-refractivity contribution in [3.05, 3.63) is 28.8 Å². The van der Waals surface area contributed by atoms with E-state index in [-0.39, 0.29) is 0 Å². The molecule has 4 aliphatic carbocycles. The molecule has 2 heteroatoms. The Balaban J connectivity index is 1.46. The van der Waals surface area contributed by atoms with Crippen LogP contribution in [0.2, 0.25) is 0 Å². The van der Waals surface area contributed by atoms with Gasteiger partial charge < -0.3 is 5.11 Å². The maximum atomic E-state index is 11.7. The number of benzene rings is 1. The first-order chi connectivity index (χ1) is 15.3. The van der Waals surface area contributed by atoms with Gasteiger partial charge in [-0.05, 0) is 80.1 Å². The number of aromatic hydroxyl groups is 1. The summed E-state index contributed by atoms with van der Waals surface area (Å²) in [6.07, 6.45) is 17.7. The Hall–Kier alpha value is -1.02. The zero-order chi connectivity index (χ0) is 22.5. The lowest BCUT2D eigenvalue weighted by Gasteiger charge is -2.42. The number of phenolic OH excluding ortho intramolecular Hbond substituents is 1. The van der Waals surface area contributed by atoms with Crippen molar-refractivity contribution in [2.24, 2.45) is 16.7 Å². The molecule has 178 valence electrons. The van der Waals surface area contributed by atoms with Gasteiger partial charge in [0.25, 0.3) is 0 Å². The van der Waals surface area contributed by atoms with Crippen LogP contribution in [-0.4, -0.2) is 22.1 Å². The average Bonchev–Trinajstić information content (AvgIpc) is 3.14. The summed E-state index contributed by atoms with van der Waals surface area (Å²) >= 11 is 0. The molecule has 0 amide bonds. The van der Waals surface area contributed by atoms with Crippen LogP contribution in [0.1, 0.15) is 127 Å². The second-order valence-electron chi connectivity index (χ2n) is 12.8. The van der Waals surface area contributed by atoms with Crippen molar-refractivity contribution in [1.82, 2.24) is 4.90 Å². The first kappa shape index (κ1) is 22.8. The van der Waals surface area contributed by atoms with E-state index in [1.807, 2.05) is 0 Å². The summed E-state index contributed by atoms with van der Waals surface area (Å²) in [6.45, 7) is 10.7. The Bertz CT molecular complexity index is 798. The van der Waals surface area contributed by atoms with Crippen LogP contribution in [0.15, 0.2) is 12.1 Å². The number of phenols is 1. The summed E-state index contributed by atoms with van der Waals surface area (Å²) in [5.41, 5.74) is 4.51. The normalized spacial score (nSPS) is 33.3. The molecule has 0 aromatic heterocycles. The molecule has 2 nitrogen and oxygen atoms in total. The van der Waals surface area contributed by atoms with E-state index in [2.05, 4.69) is 44.7 Å². The maximum Gasteiger partial charge on any atom is 0.123 e. The van der Waals surface area contributed by atoms with Crippen molar-refractivity contribution in [3.63, 3.8) is 0 Å². The highest BCUT2D eigenvalue weighted by molar-refractivity contribution is 5.47. The van der Waals surface area contributed by atoms with Crippen molar-refractivity contribution in [2.45, 2.75) is 136 Å². The molecule has 0 saturated heterocycles. The lowest BCUT2D eigenvalue weighted by atomic mass is 9.64. The van der Waals surface area contributed by atoms with E-state index < -0.39 is 0 Å². The standard InChI is InChI=1S/C30H47NO/c1-21-17-22(20-31(24-11-7-5-8-12-24)25-13-9-6-10-14-25)28(32)26(18-21)27-19-23-15-16-30(27,4)29(23,2)3/h17-18,23-25,27,32H,5-16,19-20H2,1-4H3/t23-,27+,30+/m1/s1. The third kappa shape index (κ3) is 3.73. The van der Waals surface area contributed by atoms with E-state index >= 15 is 0 Å². The van der Waals surface area contributed by atoms with E-state index in [4.69, 9.17) is 0 Å². The monoisotopic (exact) mass is 437 g/mol. The number of rotatable bonds is 5. The molecular formula is C30H47NO. The van der Waals surface area contributed by atoms with Gasteiger partial charge in [-0.25, -0.2) is 0 Å². The fourth-order valence-corrected chi connectivity index (χ4v) is 8.52. The van der Waals surface area contributed by atoms with Gasteiger partial charge in [-0.3, -0.25) is 4.90 Å². The van der Waals surface area contributed by atoms with Crippen LogP contribution < -0.4 is 0 Å². The molecule has 4 fully saturated rings. The number of fused-ring (bicyclic) bond motifs is 2. The molecule has 4 aliphatic rings. The number of aryl methyl sites for hydroxylation is 1. The summed E-state index contributed by atoms with van der Waals surface area (Å²) in [4.78, 5) is 2.85. The minimum Gasteiger partial charge on any atom is -0.507 e. The topological polar surface area (TPSA) is 23.5 Å². The minimum absolute atomic E-state index is 0.312. The summed E-state index contributed by atoms with van der Waals surface area (Å²) < 4.78 is 0. The smallest absolute Gasteiger partial charge is 0.123 e. The molecule has 32 heavy (non-hydrogen) atoms. The summed E-state index contributed by atoms with van der Waals surface area (Å²) in [7, 11) is 0. The van der Waals surface area contributed by atoms with Gasteiger partial charge in [-0.1, -0.05) is 77.0 Å². The molecule has 0 unspecified atom stereocenters. The van der Waals surface area contributed by atoms with Gasteiger partial charge in [0.05, 0.1) is 0 Å².